The van der Waals surface area contributed by atoms with E-state index in [2.05, 4.69) is 20.9 Å². The third-order valence-corrected chi connectivity index (χ3v) is 2.10. The monoisotopic (exact) mass is 290 g/mol. The highest BCUT2D eigenvalue weighted by atomic mass is 79.9. The first-order chi connectivity index (χ1) is 5.93. The van der Waals surface area contributed by atoms with Gasteiger partial charge in [0.25, 0.3) is 0 Å². The van der Waals surface area contributed by atoms with E-state index in [4.69, 9.17) is 5.73 Å². The lowest BCUT2D eigenvalue weighted by Gasteiger charge is -2.15. The van der Waals surface area contributed by atoms with Crippen LogP contribution in [0.15, 0.2) is 22.8 Å². The molecular weight excluding hydrogens is 284 g/mol. The average molecular weight is 291 g/mol. The normalized spacial score (nSPS) is 13.2. The van der Waals surface area contributed by atoms with Crippen LogP contribution in [0.2, 0.25) is 0 Å². The van der Waals surface area contributed by atoms with Crippen LogP contribution in [0.4, 0.5) is 13.2 Å². The summed E-state index contributed by atoms with van der Waals surface area (Å²) in [6.07, 6.45) is -3.19. The number of nitrogens with zero attached hydrogens (tertiary/aromatic N) is 1. The topological polar surface area (TPSA) is 38.9 Å². The fourth-order valence-corrected chi connectivity index (χ4v) is 1.28. The minimum absolute atomic E-state index is 0. The molecule has 0 unspecified atom stereocenters. The Kier molecular flexibility index (Phi) is 4.83. The minimum Gasteiger partial charge on any atom is -0.315 e. The van der Waals surface area contributed by atoms with Crippen molar-refractivity contribution >= 4 is 28.3 Å². The van der Waals surface area contributed by atoms with Crippen molar-refractivity contribution in [1.82, 2.24) is 4.98 Å². The lowest BCUT2D eigenvalue weighted by Crippen LogP contribution is -2.29. The van der Waals surface area contributed by atoms with Crippen molar-refractivity contribution in [2.75, 3.05) is 0 Å². The molecule has 14 heavy (non-hydrogen) atoms. The molecule has 0 aliphatic heterocycles. The molecule has 1 heterocycles. The SMILES string of the molecule is Cl.N[C@H](c1ncccc1Br)C(F)(F)F. The highest BCUT2D eigenvalue weighted by Gasteiger charge is 2.39. The Bertz CT molecular complexity index is 305. The van der Waals surface area contributed by atoms with Crippen LogP contribution >= 0.6 is 28.3 Å². The maximum Gasteiger partial charge on any atom is 0.409 e. The molecule has 0 amide bonds. The van der Waals surface area contributed by atoms with Gasteiger partial charge in [-0.05, 0) is 28.1 Å². The number of hydrogen-bond acceptors (Lipinski definition) is 2. The van der Waals surface area contributed by atoms with Gasteiger partial charge in [-0.15, -0.1) is 12.4 Å². The molecule has 1 rings (SSSR count). The zero-order valence-electron chi connectivity index (χ0n) is 6.75. The van der Waals surface area contributed by atoms with Crippen LogP contribution in [0.25, 0.3) is 0 Å². The van der Waals surface area contributed by atoms with Crippen molar-refractivity contribution in [1.29, 1.82) is 0 Å². The summed E-state index contributed by atoms with van der Waals surface area (Å²) in [6.45, 7) is 0. The van der Waals surface area contributed by atoms with Crippen molar-refractivity contribution in [3.63, 3.8) is 0 Å². The Balaban J connectivity index is 0.00000169. The quantitative estimate of drug-likeness (QED) is 0.864. The Morgan fingerprint density at radius 3 is 2.43 bits per heavy atom. The van der Waals surface area contributed by atoms with Gasteiger partial charge in [-0.1, -0.05) is 0 Å². The summed E-state index contributed by atoms with van der Waals surface area (Å²) in [4.78, 5) is 3.55. The maximum atomic E-state index is 12.1. The molecule has 0 saturated heterocycles. The Hall–Kier alpha value is -0.330. The highest BCUT2D eigenvalue weighted by molar-refractivity contribution is 9.10. The summed E-state index contributed by atoms with van der Waals surface area (Å²) in [5.74, 6) is 0. The van der Waals surface area contributed by atoms with Crippen LogP contribution in [-0.4, -0.2) is 11.2 Å². The van der Waals surface area contributed by atoms with E-state index in [9.17, 15) is 13.2 Å². The predicted octanol–water partition coefficient (Wildman–Crippen LogP) is 2.83. The van der Waals surface area contributed by atoms with Crippen molar-refractivity contribution < 1.29 is 13.2 Å². The second-order valence-corrected chi connectivity index (χ2v) is 3.24. The molecule has 0 radical (unpaired) electrons. The first-order valence-corrected chi connectivity index (χ1v) is 4.15. The molecule has 0 aliphatic rings. The second kappa shape index (κ2) is 4.95. The van der Waals surface area contributed by atoms with Gasteiger partial charge < -0.3 is 5.73 Å². The van der Waals surface area contributed by atoms with Crippen LogP contribution < -0.4 is 5.73 Å². The standard InChI is InChI=1S/C7H6BrF3N2.ClH/c8-4-2-1-3-13-5(4)6(12)7(9,10)11;/h1-3,6H,12H2;1H/t6-;/m1./s1. The molecule has 0 aromatic carbocycles. The first kappa shape index (κ1) is 13.7. The van der Waals surface area contributed by atoms with Gasteiger partial charge in [-0.25, -0.2) is 0 Å². The second-order valence-electron chi connectivity index (χ2n) is 2.39. The van der Waals surface area contributed by atoms with Gasteiger partial charge in [0.1, 0.15) is 6.04 Å². The average Bonchev–Trinajstić information content (AvgIpc) is 2.02. The third-order valence-electron chi connectivity index (χ3n) is 1.43. The number of alkyl halides is 3. The number of aromatic nitrogens is 1. The molecule has 1 aromatic heterocycles. The van der Waals surface area contributed by atoms with Gasteiger partial charge in [-0.3, -0.25) is 4.98 Å². The van der Waals surface area contributed by atoms with Gasteiger partial charge in [-0.2, -0.15) is 13.2 Å². The zero-order chi connectivity index (χ0) is 10.1. The van der Waals surface area contributed by atoms with Gasteiger partial charge in [0, 0.05) is 10.7 Å². The number of nitrogens with two attached hydrogens (primary N) is 1. The van der Waals surface area contributed by atoms with Crippen LogP contribution in [0.3, 0.4) is 0 Å². The molecule has 0 aliphatic carbocycles. The van der Waals surface area contributed by atoms with E-state index in [1.54, 1.807) is 0 Å². The van der Waals surface area contributed by atoms with E-state index < -0.39 is 12.2 Å². The molecule has 0 spiro atoms. The summed E-state index contributed by atoms with van der Waals surface area (Å²) < 4.78 is 36.7. The molecular formula is C7H7BrClF3N2. The zero-order valence-corrected chi connectivity index (χ0v) is 9.16. The van der Waals surface area contributed by atoms with Crippen LogP contribution in [0.5, 0.6) is 0 Å². The highest BCUT2D eigenvalue weighted by Crippen LogP contribution is 2.32. The van der Waals surface area contributed by atoms with E-state index >= 15 is 0 Å². The van der Waals surface area contributed by atoms with Gasteiger partial charge in [0.05, 0.1) is 5.69 Å². The van der Waals surface area contributed by atoms with Crippen LogP contribution in [-0.2, 0) is 0 Å². The van der Waals surface area contributed by atoms with Gasteiger partial charge in [0.15, 0.2) is 0 Å². The van der Waals surface area contributed by atoms with Crippen LogP contribution in [0, 0.1) is 0 Å². The molecule has 0 bridgehead atoms. The number of hydrogen-bond donors (Lipinski definition) is 1. The predicted molar refractivity (Wildman–Crippen MR) is 52.2 cm³/mol. The lowest BCUT2D eigenvalue weighted by atomic mass is 10.2. The van der Waals surface area contributed by atoms with E-state index in [1.807, 2.05) is 0 Å². The van der Waals surface area contributed by atoms with E-state index in [1.165, 1.54) is 18.3 Å². The summed E-state index contributed by atoms with van der Waals surface area (Å²) >= 11 is 2.95. The molecule has 80 valence electrons. The largest absolute Gasteiger partial charge is 0.409 e. The molecule has 1 atom stereocenters. The molecule has 0 fully saturated rings. The number of halogens is 5. The summed E-state index contributed by atoms with van der Waals surface area (Å²) in [6, 6.07) is 0.952. The summed E-state index contributed by atoms with van der Waals surface area (Å²) in [7, 11) is 0. The Labute approximate surface area is 93.2 Å². The number of rotatable bonds is 1. The minimum atomic E-state index is -4.46. The van der Waals surface area contributed by atoms with Crippen molar-refractivity contribution in [2.45, 2.75) is 12.2 Å². The Morgan fingerprint density at radius 2 is 2.00 bits per heavy atom. The molecule has 7 heteroatoms. The fraction of sp³-hybridized carbons (Fsp3) is 0.286. The first-order valence-electron chi connectivity index (χ1n) is 3.35. The Morgan fingerprint density at radius 1 is 1.43 bits per heavy atom. The molecule has 2 nitrogen and oxygen atoms in total. The van der Waals surface area contributed by atoms with E-state index in [0.29, 0.717) is 0 Å². The van der Waals surface area contributed by atoms with Gasteiger partial charge in [0.2, 0.25) is 0 Å². The molecule has 0 saturated carbocycles. The number of pyridine rings is 1. The van der Waals surface area contributed by atoms with E-state index in [-0.39, 0.29) is 22.6 Å². The van der Waals surface area contributed by atoms with Crippen molar-refractivity contribution in [3.8, 4) is 0 Å². The van der Waals surface area contributed by atoms with Crippen molar-refractivity contribution in [2.24, 2.45) is 5.73 Å². The summed E-state index contributed by atoms with van der Waals surface area (Å²) in [5, 5.41) is 0. The smallest absolute Gasteiger partial charge is 0.315 e. The fourth-order valence-electron chi connectivity index (χ4n) is 0.782. The maximum absolute atomic E-state index is 12.1. The van der Waals surface area contributed by atoms with Crippen molar-refractivity contribution in [3.05, 3.63) is 28.5 Å². The lowest BCUT2D eigenvalue weighted by molar-refractivity contribution is -0.150. The molecule has 2 N–H and O–H groups in total. The third kappa shape index (κ3) is 3.11. The van der Waals surface area contributed by atoms with Crippen LogP contribution in [0.1, 0.15) is 11.7 Å². The summed E-state index contributed by atoms with van der Waals surface area (Å²) in [5.41, 5.74) is 4.76. The van der Waals surface area contributed by atoms with Gasteiger partial charge >= 0.3 is 6.18 Å². The van der Waals surface area contributed by atoms with E-state index in [0.717, 1.165) is 0 Å². The molecule has 1 aromatic rings.